The number of imide groups is 1. The largest absolute Gasteiger partial charge is 0.338 e. The van der Waals surface area contributed by atoms with Gasteiger partial charge in [-0.05, 0) is 15.9 Å². The van der Waals surface area contributed by atoms with E-state index < -0.39 is 0 Å². The van der Waals surface area contributed by atoms with Gasteiger partial charge in [-0.1, -0.05) is 0 Å². The van der Waals surface area contributed by atoms with E-state index in [4.69, 9.17) is 0 Å². The maximum absolute atomic E-state index is 11.1. The molecule has 78 valence electrons. The Morgan fingerprint density at radius 1 is 1.27 bits per heavy atom. The zero-order chi connectivity index (χ0) is 10.8. The van der Waals surface area contributed by atoms with Crippen molar-refractivity contribution in [3.05, 3.63) is 17.0 Å². The van der Waals surface area contributed by atoms with Gasteiger partial charge in [-0.3, -0.25) is 14.9 Å². The molecule has 0 saturated carbocycles. The van der Waals surface area contributed by atoms with Gasteiger partial charge in [-0.25, -0.2) is 9.97 Å². The molecule has 1 aliphatic rings. The van der Waals surface area contributed by atoms with Crippen molar-refractivity contribution in [1.29, 1.82) is 0 Å². The minimum absolute atomic E-state index is 0.134. The van der Waals surface area contributed by atoms with E-state index in [1.165, 1.54) is 6.33 Å². The van der Waals surface area contributed by atoms with Crippen LogP contribution in [0.2, 0.25) is 0 Å². The van der Waals surface area contributed by atoms with Gasteiger partial charge in [0.1, 0.15) is 16.7 Å². The second-order valence-corrected chi connectivity index (χ2v) is 3.84. The number of rotatable bonds is 1. The molecule has 0 aliphatic carbocycles. The zero-order valence-corrected chi connectivity index (χ0v) is 9.19. The molecule has 1 aromatic rings. The molecule has 0 aromatic carbocycles. The third-order valence-electron chi connectivity index (χ3n) is 1.89. The first-order chi connectivity index (χ1) is 7.15. The van der Waals surface area contributed by atoms with Crippen LogP contribution in [0.5, 0.6) is 0 Å². The summed E-state index contributed by atoms with van der Waals surface area (Å²) in [7, 11) is 0. The van der Waals surface area contributed by atoms with Gasteiger partial charge in [0.25, 0.3) is 0 Å². The monoisotopic (exact) mass is 270 g/mol. The molecule has 7 heteroatoms. The van der Waals surface area contributed by atoms with Crippen LogP contribution < -0.4 is 10.2 Å². The second kappa shape index (κ2) is 3.93. The standard InChI is InChI=1S/C8H7BrN4O2/c9-5-1-6(11-4-10-5)13-2-7(14)12-8(15)3-13/h1,4H,2-3H2,(H,12,14,15). The summed E-state index contributed by atoms with van der Waals surface area (Å²) < 4.78 is 0.617. The molecule has 15 heavy (non-hydrogen) atoms. The van der Waals surface area contributed by atoms with Crippen molar-refractivity contribution in [2.24, 2.45) is 0 Å². The summed E-state index contributed by atoms with van der Waals surface area (Å²) in [6, 6.07) is 1.66. The molecule has 0 spiro atoms. The van der Waals surface area contributed by atoms with Crippen LogP contribution in [0, 0.1) is 0 Å². The molecule has 1 saturated heterocycles. The number of carbonyl (C=O) groups excluding carboxylic acids is 2. The smallest absolute Gasteiger partial charge is 0.246 e. The Bertz CT molecular complexity index is 407. The first-order valence-electron chi connectivity index (χ1n) is 4.20. The topological polar surface area (TPSA) is 75.2 Å². The average Bonchev–Trinajstić information content (AvgIpc) is 2.16. The summed E-state index contributed by atoms with van der Waals surface area (Å²) in [6.45, 7) is 0.268. The van der Waals surface area contributed by atoms with Gasteiger partial charge < -0.3 is 4.90 Å². The summed E-state index contributed by atoms with van der Waals surface area (Å²) in [5.74, 6) is -0.0814. The number of piperazine rings is 1. The van der Waals surface area contributed by atoms with Crippen LogP contribution >= 0.6 is 15.9 Å². The predicted molar refractivity (Wildman–Crippen MR) is 55.1 cm³/mol. The number of nitrogens with one attached hydrogen (secondary N) is 1. The molecule has 6 nitrogen and oxygen atoms in total. The Hall–Kier alpha value is -1.50. The quantitative estimate of drug-likeness (QED) is 0.560. The van der Waals surface area contributed by atoms with Crippen molar-refractivity contribution in [1.82, 2.24) is 15.3 Å². The van der Waals surface area contributed by atoms with E-state index in [0.717, 1.165) is 0 Å². The molecule has 0 unspecified atom stereocenters. The summed E-state index contributed by atoms with van der Waals surface area (Å²) in [4.78, 5) is 31.7. The molecule has 0 bridgehead atoms. The van der Waals surface area contributed by atoms with Gasteiger partial charge in [0.2, 0.25) is 11.8 Å². The van der Waals surface area contributed by atoms with E-state index in [0.29, 0.717) is 10.4 Å². The fourth-order valence-electron chi connectivity index (χ4n) is 1.30. The fourth-order valence-corrected chi connectivity index (χ4v) is 1.59. The van der Waals surface area contributed by atoms with E-state index in [-0.39, 0.29) is 24.9 Å². The minimum Gasteiger partial charge on any atom is -0.338 e. The van der Waals surface area contributed by atoms with Crippen molar-refractivity contribution < 1.29 is 9.59 Å². The van der Waals surface area contributed by atoms with Crippen LogP contribution in [0.25, 0.3) is 0 Å². The van der Waals surface area contributed by atoms with Crippen LogP contribution in [-0.2, 0) is 9.59 Å². The maximum atomic E-state index is 11.1. The molecule has 0 radical (unpaired) electrons. The van der Waals surface area contributed by atoms with Gasteiger partial charge in [0.15, 0.2) is 0 Å². The van der Waals surface area contributed by atoms with E-state index in [1.54, 1.807) is 11.0 Å². The van der Waals surface area contributed by atoms with Gasteiger partial charge >= 0.3 is 0 Å². The Morgan fingerprint density at radius 2 is 1.93 bits per heavy atom. The molecule has 2 heterocycles. The highest BCUT2D eigenvalue weighted by molar-refractivity contribution is 9.10. The molecule has 1 aliphatic heterocycles. The number of carbonyl (C=O) groups is 2. The van der Waals surface area contributed by atoms with Crippen molar-refractivity contribution >= 4 is 33.6 Å². The fraction of sp³-hybridized carbons (Fsp3) is 0.250. The zero-order valence-electron chi connectivity index (χ0n) is 7.61. The Kier molecular flexibility index (Phi) is 2.63. The lowest BCUT2D eigenvalue weighted by Gasteiger charge is -2.26. The third-order valence-corrected chi connectivity index (χ3v) is 2.32. The van der Waals surface area contributed by atoms with Crippen LogP contribution in [0.3, 0.4) is 0 Å². The van der Waals surface area contributed by atoms with Crippen LogP contribution in [0.1, 0.15) is 0 Å². The highest BCUT2D eigenvalue weighted by atomic mass is 79.9. The van der Waals surface area contributed by atoms with E-state index in [1.807, 2.05) is 0 Å². The van der Waals surface area contributed by atoms with Crippen molar-refractivity contribution in [3.8, 4) is 0 Å². The number of anilines is 1. The number of aromatic nitrogens is 2. The molecular weight excluding hydrogens is 264 g/mol. The Balaban J connectivity index is 2.23. The number of amides is 2. The molecule has 0 atom stereocenters. The molecule has 2 amide bonds. The number of nitrogens with zero attached hydrogens (tertiary/aromatic N) is 3. The normalized spacial score (nSPS) is 16.5. The second-order valence-electron chi connectivity index (χ2n) is 3.03. The van der Waals surface area contributed by atoms with E-state index in [2.05, 4.69) is 31.2 Å². The van der Waals surface area contributed by atoms with Crippen molar-refractivity contribution in [2.75, 3.05) is 18.0 Å². The molecule has 2 rings (SSSR count). The lowest BCUT2D eigenvalue weighted by atomic mass is 10.3. The maximum Gasteiger partial charge on any atom is 0.246 e. The van der Waals surface area contributed by atoms with Crippen LogP contribution in [0.15, 0.2) is 17.0 Å². The van der Waals surface area contributed by atoms with Gasteiger partial charge in [0, 0.05) is 6.07 Å². The first-order valence-corrected chi connectivity index (χ1v) is 4.99. The Morgan fingerprint density at radius 3 is 2.53 bits per heavy atom. The predicted octanol–water partition coefficient (Wildman–Crippen LogP) is -0.298. The van der Waals surface area contributed by atoms with E-state index >= 15 is 0 Å². The number of hydrogen-bond donors (Lipinski definition) is 1. The molecule has 1 N–H and O–H groups in total. The van der Waals surface area contributed by atoms with E-state index in [9.17, 15) is 9.59 Å². The number of hydrogen-bond acceptors (Lipinski definition) is 5. The SMILES string of the molecule is O=C1CN(c2cc(Br)ncn2)CC(=O)N1. The van der Waals surface area contributed by atoms with Gasteiger partial charge in [0.05, 0.1) is 13.1 Å². The van der Waals surface area contributed by atoms with Crippen molar-refractivity contribution in [3.63, 3.8) is 0 Å². The molecular formula is C8H7BrN4O2. The van der Waals surface area contributed by atoms with Crippen LogP contribution in [-0.4, -0.2) is 34.9 Å². The first kappa shape index (κ1) is 10.0. The minimum atomic E-state index is -0.319. The molecule has 1 aromatic heterocycles. The number of halogens is 1. The lowest BCUT2D eigenvalue weighted by molar-refractivity contribution is -0.130. The highest BCUT2D eigenvalue weighted by Gasteiger charge is 2.23. The summed E-state index contributed by atoms with van der Waals surface area (Å²) in [5.41, 5.74) is 0. The average molecular weight is 271 g/mol. The Labute approximate surface area is 93.8 Å². The lowest BCUT2D eigenvalue weighted by Crippen LogP contribution is -2.51. The van der Waals surface area contributed by atoms with Gasteiger partial charge in [-0.2, -0.15) is 0 Å². The summed E-state index contributed by atoms with van der Waals surface area (Å²) in [6.07, 6.45) is 1.37. The summed E-state index contributed by atoms with van der Waals surface area (Å²) in [5, 5.41) is 2.22. The van der Waals surface area contributed by atoms with Crippen LogP contribution in [0.4, 0.5) is 5.82 Å². The van der Waals surface area contributed by atoms with Crippen molar-refractivity contribution in [2.45, 2.75) is 0 Å². The summed E-state index contributed by atoms with van der Waals surface area (Å²) >= 11 is 3.20. The van der Waals surface area contributed by atoms with Gasteiger partial charge in [-0.15, -0.1) is 0 Å². The molecule has 1 fully saturated rings. The third kappa shape index (κ3) is 2.30. The highest BCUT2D eigenvalue weighted by Crippen LogP contribution is 2.15.